The molecule has 0 spiro atoms. The van der Waals surface area contributed by atoms with Gasteiger partial charge in [0.05, 0.1) is 10.7 Å². The van der Waals surface area contributed by atoms with E-state index in [1.807, 2.05) is 13.8 Å². The van der Waals surface area contributed by atoms with E-state index in [0.717, 1.165) is 0 Å². The maximum Gasteiger partial charge on any atom is 0.222 e. The summed E-state index contributed by atoms with van der Waals surface area (Å²) in [7, 11) is 0. The quantitative estimate of drug-likeness (QED) is 0.751. The lowest BCUT2D eigenvalue weighted by atomic mass is 10.1. The molecule has 0 aliphatic carbocycles. The molecular formula is C13H19ClFN3O. The van der Waals surface area contributed by atoms with Crippen LogP contribution in [0.15, 0.2) is 18.2 Å². The van der Waals surface area contributed by atoms with Crippen molar-refractivity contribution in [2.75, 3.05) is 11.9 Å². The Morgan fingerprint density at radius 3 is 2.74 bits per heavy atom. The number of benzene rings is 1. The van der Waals surface area contributed by atoms with E-state index in [1.165, 1.54) is 18.2 Å². The first-order chi connectivity index (χ1) is 8.92. The van der Waals surface area contributed by atoms with Crippen molar-refractivity contribution in [3.8, 4) is 0 Å². The summed E-state index contributed by atoms with van der Waals surface area (Å²) in [6.45, 7) is 4.01. The Hall–Kier alpha value is -1.33. The summed E-state index contributed by atoms with van der Waals surface area (Å²) in [5.41, 5.74) is 6.05. The number of hydrogen-bond donors (Lipinski definition) is 3. The Bertz CT molecular complexity index is 440. The molecule has 1 amide bonds. The number of amides is 1. The zero-order valence-electron chi connectivity index (χ0n) is 11.0. The number of halogens is 2. The summed E-state index contributed by atoms with van der Waals surface area (Å²) >= 11 is 5.95. The van der Waals surface area contributed by atoms with Crippen molar-refractivity contribution in [3.63, 3.8) is 0 Å². The molecule has 0 saturated heterocycles. The van der Waals surface area contributed by atoms with Crippen LogP contribution in [0.5, 0.6) is 0 Å². The third-order valence-electron chi connectivity index (χ3n) is 2.45. The van der Waals surface area contributed by atoms with Crippen LogP contribution < -0.4 is 16.4 Å². The number of anilines is 1. The van der Waals surface area contributed by atoms with E-state index in [4.69, 9.17) is 17.3 Å². The Labute approximate surface area is 117 Å². The third-order valence-corrected chi connectivity index (χ3v) is 2.78. The predicted octanol–water partition coefficient (Wildman–Crippen LogP) is 2.13. The fraction of sp³-hybridized carbons (Fsp3) is 0.462. The number of hydrogen-bond acceptors (Lipinski definition) is 3. The average molecular weight is 288 g/mol. The molecule has 0 bridgehead atoms. The molecule has 0 heterocycles. The smallest absolute Gasteiger partial charge is 0.222 e. The first kappa shape index (κ1) is 15.7. The molecule has 6 heteroatoms. The third kappa shape index (κ3) is 5.44. The molecule has 1 rings (SSSR count). The molecule has 0 aromatic heterocycles. The van der Waals surface area contributed by atoms with Gasteiger partial charge in [-0.25, -0.2) is 4.39 Å². The largest absolute Gasteiger partial charge is 0.379 e. The van der Waals surface area contributed by atoms with Crippen LogP contribution in [0.1, 0.15) is 20.3 Å². The van der Waals surface area contributed by atoms with Crippen molar-refractivity contribution in [3.05, 3.63) is 29.0 Å². The Morgan fingerprint density at radius 2 is 2.16 bits per heavy atom. The number of rotatable bonds is 6. The van der Waals surface area contributed by atoms with Crippen LogP contribution >= 0.6 is 11.6 Å². The standard InChI is InChI=1S/C13H19ClFN3O/c1-8(2)17-13(19)6-10(7-16)18-12-5-9(15)3-4-11(12)14/h3-5,8,10,18H,6-7,16H2,1-2H3,(H,17,19). The van der Waals surface area contributed by atoms with Gasteiger partial charge in [-0.05, 0) is 32.0 Å². The van der Waals surface area contributed by atoms with Crippen LogP contribution in [-0.2, 0) is 4.79 Å². The van der Waals surface area contributed by atoms with Gasteiger partial charge >= 0.3 is 0 Å². The van der Waals surface area contributed by atoms with E-state index >= 15 is 0 Å². The normalized spacial score (nSPS) is 12.3. The van der Waals surface area contributed by atoms with Crippen LogP contribution in [0.3, 0.4) is 0 Å². The fourth-order valence-corrected chi connectivity index (χ4v) is 1.80. The van der Waals surface area contributed by atoms with E-state index < -0.39 is 5.82 Å². The molecule has 4 N–H and O–H groups in total. The summed E-state index contributed by atoms with van der Waals surface area (Å²) in [5.74, 6) is -0.500. The average Bonchev–Trinajstić information content (AvgIpc) is 2.31. The molecule has 1 aromatic carbocycles. The summed E-state index contributed by atoms with van der Waals surface area (Å²) in [6.07, 6.45) is 0.210. The lowest BCUT2D eigenvalue weighted by molar-refractivity contribution is -0.121. The van der Waals surface area contributed by atoms with Gasteiger partial charge < -0.3 is 16.4 Å². The first-order valence-electron chi connectivity index (χ1n) is 6.13. The van der Waals surface area contributed by atoms with Crippen LogP contribution in [0.25, 0.3) is 0 Å². The van der Waals surface area contributed by atoms with Gasteiger partial charge in [0.2, 0.25) is 5.91 Å². The monoisotopic (exact) mass is 287 g/mol. The maximum atomic E-state index is 13.1. The van der Waals surface area contributed by atoms with Crippen LogP contribution in [-0.4, -0.2) is 24.5 Å². The lowest BCUT2D eigenvalue weighted by Gasteiger charge is -2.19. The molecule has 19 heavy (non-hydrogen) atoms. The second kappa shape index (κ2) is 7.31. The van der Waals surface area contributed by atoms with Gasteiger partial charge in [0.1, 0.15) is 5.82 Å². The number of carbonyl (C=O) groups is 1. The zero-order chi connectivity index (χ0) is 14.4. The highest BCUT2D eigenvalue weighted by Crippen LogP contribution is 2.23. The molecule has 0 radical (unpaired) electrons. The molecule has 0 aliphatic rings. The van der Waals surface area contributed by atoms with Crippen molar-refractivity contribution in [2.24, 2.45) is 5.73 Å². The highest BCUT2D eigenvalue weighted by atomic mass is 35.5. The highest BCUT2D eigenvalue weighted by Gasteiger charge is 2.14. The summed E-state index contributed by atoms with van der Waals surface area (Å²) in [4.78, 5) is 11.7. The second-order valence-electron chi connectivity index (χ2n) is 4.63. The Kier molecular flexibility index (Phi) is 6.05. The van der Waals surface area contributed by atoms with Gasteiger partial charge in [0.15, 0.2) is 0 Å². The first-order valence-corrected chi connectivity index (χ1v) is 6.51. The summed E-state index contributed by atoms with van der Waals surface area (Å²) in [5, 5.41) is 6.15. The molecule has 0 aliphatic heterocycles. The van der Waals surface area contributed by atoms with Gasteiger partial charge in [-0.3, -0.25) is 4.79 Å². The van der Waals surface area contributed by atoms with E-state index in [1.54, 1.807) is 0 Å². The molecule has 1 unspecified atom stereocenters. The fourth-order valence-electron chi connectivity index (χ4n) is 1.63. The van der Waals surface area contributed by atoms with Gasteiger partial charge in [-0.15, -0.1) is 0 Å². The van der Waals surface area contributed by atoms with Crippen molar-refractivity contribution < 1.29 is 9.18 Å². The van der Waals surface area contributed by atoms with Crippen molar-refractivity contribution >= 4 is 23.2 Å². The number of carbonyl (C=O) groups excluding carboxylic acids is 1. The molecule has 1 aromatic rings. The molecule has 0 fully saturated rings. The molecule has 1 atom stereocenters. The van der Waals surface area contributed by atoms with E-state index in [-0.39, 0.29) is 31.0 Å². The van der Waals surface area contributed by atoms with E-state index in [9.17, 15) is 9.18 Å². The molecule has 0 saturated carbocycles. The van der Waals surface area contributed by atoms with Crippen LogP contribution in [0.4, 0.5) is 10.1 Å². The van der Waals surface area contributed by atoms with E-state index in [0.29, 0.717) is 10.7 Å². The van der Waals surface area contributed by atoms with E-state index in [2.05, 4.69) is 10.6 Å². The van der Waals surface area contributed by atoms with Crippen molar-refractivity contribution in [1.29, 1.82) is 0 Å². The maximum absolute atomic E-state index is 13.1. The van der Waals surface area contributed by atoms with Crippen molar-refractivity contribution in [1.82, 2.24) is 5.32 Å². The Balaban J connectivity index is 2.66. The lowest BCUT2D eigenvalue weighted by Crippen LogP contribution is -2.38. The minimum Gasteiger partial charge on any atom is -0.379 e. The van der Waals surface area contributed by atoms with Gasteiger partial charge in [-0.1, -0.05) is 11.6 Å². The number of nitrogens with two attached hydrogens (primary N) is 1. The Morgan fingerprint density at radius 1 is 1.47 bits per heavy atom. The molecule has 106 valence electrons. The number of nitrogens with one attached hydrogen (secondary N) is 2. The highest BCUT2D eigenvalue weighted by molar-refractivity contribution is 6.33. The molecular weight excluding hydrogens is 269 g/mol. The van der Waals surface area contributed by atoms with Gasteiger partial charge in [0.25, 0.3) is 0 Å². The second-order valence-corrected chi connectivity index (χ2v) is 5.03. The predicted molar refractivity (Wildman–Crippen MR) is 75.8 cm³/mol. The minimum absolute atomic E-state index is 0.0729. The SMILES string of the molecule is CC(C)NC(=O)CC(CN)Nc1cc(F)ccc1Cl. The minimum atomic E-state index is -0.394. The van der Waals surface area contributed by atoms with Gasteiger partial charge in [0, 0.05) is 25.0 Å². The zero-order valence-corrected chi connectivity index (χ0v) is 11.8. The molecule has 4 nitrogen and oxygen atoms in total. The van der Waals surface area contributed by atoms with Crippen LogP contribution in [0.2, 0.25) is 5.02 Å². The topological polar surface area (TPSA) is 67.2 Å². The van der Waals surface area contributed by atoms with Crippen molar-refractivity contribution in [2.45, 2.75) is 32.4 Å². The summed E-state index contributed by atoms with van der Waals surface area (Å²) in [6, 6.07) is 3.80. The summed E-state index contributed by atoms with van der Waals surface area (Å²) < 4.78 is 13.1. The van der Waals surface area contributed by atoms with Crippen LogP contribution in [0, 0.1) is 5.82 Å². The van der Waals surface area contributed by atoms with Gasteiger partial charge in [-0.2, -0.15) is 0 Å².